The van der Waals surface area contributed by atoms with Gasteiger partial charge in [-0.25, -0.2) is 0 Å². The highest BCUT2D eigenvalue weighted by atomic mass is 16.5. The summed E-state index contributed by atoms with van der Waals surface area (Å²) in [7, 11) is 1.94. The van der Waals surface area contributed by atoms with E-state index in [1.165, 1.54) is 11.1 Å². The van der Waals surface area contributed by atoms with Gasteiger partial charge in [0.05, 0.1) is 18.8 Å². The quantitative estimate of drug-likeness (QED) is 0.843. The summed E-state index contributed by atoms with van der Waals surface area (Å²) in [6.07, 6.45) is 4.99. The van der Waals surface area contributed by atoms with Gasteiger partial charge in [0.15, 0.2) is 0 Å². The molecule has 2 aromatic rings. The number of benzene rings is 1. The van der Waals surface area contributed by atoms with E-state index < -0.39 is 0 Å². The maximum absolute atomic E-state index is 5.62. The van der Waals surface area contributed by atoms with E-state index in [1.54, 1.807) is 0 Å². The fraction of sp³-hybridized carbons (Fsp3) is 0.438. The first kappa shape index (κ1) is 14.6. The molecular weight excluding hydrogens is 250 g/mol. The summed E-state index contributed by atoms with van der Waals surface area (Å²) in [5.41, 5.74) is 2.40. The van der Waals surface area contributed by atoms with Crippen LogP contribution in [-0.2, 0) is 7.05 Å². The second-order valence-electron chi connectivity index (χ2n) is 4.86. The lowest BCUT2D eigenvalue weighted by Crippen LogP contribution is -2.21. The Morgan fingerprint density at radius 1 is 1.20 bits per heavy atom. The Hall–Kier alpha value is -1.81. The van der Waals surface area contributed by atoms with Crippen LogP contribution in [0.5, 0.6) is 5.75 Å². The summed E-state index contributed by atoms with van der Waals surface area (Å²) in [6.45, 7) is 5.90. The first-order valence-corrected chi connectivity index (χ1v) is 7.19. The number of aromatic nitrogens is 2. The Kier molecular flexibility index (Phi) is 5.18. The zero-order valence-electron chi connectivity index (χ0n) is 12.5. The Morgan fingerprint density at radius 2 is 1.95 bits per heavy atom. The molecule has 4 nitrogen and oxygen atoms in total. The predicted molar refractivity (Wildman–Crippen MR) is 81.0 cm³/mol. The van der Waals surface area contributed by atoms with E-state index in [2.05, 4.69) is 42.6 Å². The van der Waals surface area contributed by atoms with Gasteiger partial charge >= 0.3 is 0 Å². The molecule has 0 aliphatic rings. The molecule has 1 aromatic carbocycles. The Labute approximate surface area is 120 Å². The smallest absolute Gasteiger partial charge is 0.119 e. The highest BCUT2D eigenvalue weighted by molar-refractivity contribution is 5.34. The Bertz CT molecular complexity index is 519. The van der Waals surface area contributed by atoms with Crippen LogP contribution in [0, 0.1) is 0 Å². The van der Waals surface area contributed by atoms with Gasteiger partial charge in [-0.1, -0.05) is 26.0 Å². The van der Waals surface area contributed by atoms with Crippen LogP contribution in [-0.4, -0.2) is 22.9 Å². The molecule has 1 N–H and O–H groups in total. The monoisotopic (exact) mass is 273 g/mol. The number of nitrogens with one attached hydrogen (secondary N) is 1. The second-order valence-corrected chi connectivity index (χ2v) is 4.86. The van der Waals surface area contributed by atoms with E-state index >= 15 is 0 Å². The van der Waals surface area contributed by atoms with Crippen LogP contribution < -0.4 is 10.1 Å². The average Bonchev–Trinajstić information content (AvgIpc) is 2.89. The van der Waals surface area contributed by atoms with Gasteiger partial charge in [-0.3, -0.25) is 4.68 Å². The molecule has 0 spiro atoms. The zero-order valence-corrected chi connectivity index (χ0v) is 12.5. The molecule has 1 unspecified atom stereocenters. The molecule has 2 rings (SSSR count). The van der Waals surface area contributed by atoms with E-state index in [1.807, 2.05) is 30.1 Å². The standard InChI is InChI=1S/C16H23N3O/c1-4-10-20-15-8-6-13(7-9-15)16(17-5-2)14-11-18-19(3)12-14/h6-9,11-12,16-17H,4-5,10H2,1-3H3. The largest absolute Gasteiger partial charge is 0.494 e. The molecule has 4 heteroatoms. The SMILES string of the molecule is CCCOc1ccc(C(NCC)c2cnn(C)c2)cc1. The maximum atomic E-state index is 5.62. The number of rotatable bonds is 7. The third kappa shape index (κ3) is 3.61. The summed E-state index contributed by atoms with van der Waals surface area (Å²) in [5, 5.41) is 7.75. The van der Waals surface area contributed by atoms with Crippen LogP contribution in [0.1, 0.15) is 37.4 Å². The van der Waals surface area contributed by atoms with E-state index in [0.717, 1.165) is 25.3 Å². The van der Waals surface area contributed by atoms with Crippen LogP contribution in [0.2, 0.25) is 0 Å². The number of ether oxygens (including phenoxy) is 1. The first-order chi connectivity index (χ1) is 9.74. The summed E-state index contributed by atoms with van der Waals surface area (Å²) in [5.74, 6) is 0.928. The van der Waals surface area contributed by atoms with Gasteiger partial charge in [-0.15, -0.1) is 0 Å². The predicted octanol–water partition coefficient (Wildman–Crippen LogP) is 2.91. The van der Waals surface area contributed by atoms with Crippen LogP contribution in [0.15, 0.2) is 36.7 Å². The number of hydrogen-bond acceptors (Lipinski definition) is 3. The molecule has 0 saturated carbocycles. The summed E-state index contributed by atoms with van der Waals surface area (Å²) >= 11 is 0. The van der Waals surface area contributed by atoms with Crippen LogP contribution in [0.3, 0.4) is 0 Å². The van der Waals surface area contributed by atoms with Crippen molar-refractivity contribution in [3.05, 3.63) is 47.8 Å². The van der Waals surface area contributed by atoms with Crippen molar-refractivity contribution < 1.29 is 4.74 Å². The van der Waals surface area contributed by atoms with Crippen molar-refractivity contribution >= 4 is 0 Å². The molecule has 1 heterocycles. The molecule has 0 amide bonds. The fourth-order valence-corrected chi connectivity index (χ4v) is 2.20. The van der Waals surface area contributed by atoms with E-state index in [0.29, 0.717) is 0 Å². The van der Waals surface area contributed by atoms with Crippen LogP contribution in [0.4, 0.5) is 0 Å². The van der Waals surface area contributed by atoms with Crippen molar-refractivity contribution in [1.29, 1.82) is 0 Å². The van der Waals surface area contributed by atoms with Gasteiger partial charge in [0.25, 0.3) is 0 Å². The van der Waals surface area contributed by atoms with Gasteiger partial charge in [-0.05, 0) is 30.7 Å². The van der Waals surface area contributed by atoms with Crippen molar-refractivity contribution in [3.8, 4) is 5.75 Å². The minimum atomic E-state index is 0.175. The topological polar surface area (TPSA) is 39.1 Å². The number of nitrogens with zero attached hydrogens (tertiary/aromatic N) is 2. The Balaban J connectivity index is 2.17. The van der Waals surface area contributed by atoms with Crippen LogP contribution >= 0.6 is 0 Å². The summed E-state index contributed by atoms with van der Waals surface area (Å²) < 4.78 is 7.45. The minimum absolute atomic E-state index is 0.175. The van der Waals surface area contributed by atoms with Gasteiger partial charge in [-0.2, -0.15) is 5.10 Å². The molecule has 0 fully saturated rings. The van der Waals surface area contributed by atoms with Crippen molar-refractivity contribution in [2.45, 2.75) is 26.3 Å². The molecular formula is C16H23N3O. The highest BCUT2D eigenvalue weighted by Gasteiger charge is 2.14. The first-order valence-electron chi connectivity index (χ1n) is 7.19. The van der Waals surface area contributed by atoms with Crippen LogP contribution in [0.25, 0.3) is 0 Å². The van der Waals surface area contributed by atoms with Gasteiger partial charge in [0.2, 0.25) is 0 Å². The molecule has 1 aromatic heterocycles. The molecule has 0 aliphatic carbocycles. The molecule has 0 radical (unpaired) electrons. The van der Waals surface area contributed by atoms with E-state index in [-0.39, 0.29) is 6.04 Å². The molecule has 0 bridgehead atoms. The molecule has 0 aliphatic heterocycles. The lowest BCUT2D eigenvalue weighted by Gasteiger charge is -2.17. The van der Waals surface area contributed by atoms with Crippen molar-refractivity contribution in [1.82, 2.24) is 15.1 Å². The summed E-state index contributed by atoms with van der Waals surface area (Å²) in [6, 6.07) is 8.47. The molecule has 1 atom stereocenters. The highest BCUT2D eigenvalue weighted by Crippen LogP contribution is 2.23. The second kappa shape index (κ2) is 7.10. The maximum Gasteiger partial charge on any atom is 0.119 e. The van der Waals surface area contributed by atoms with Crippen molar-refractivity contribution in [2.24, 2.45) is 7.05 Å². The third-order valence-corrected chi connectivity index (χ3v) is 3.15. The number of aryl methyl sites for hydroxylation is 1. The average molecular weight is 273 g/mol. The van der Waals surface area contributed by atoms with E-state index in [9.17, 15) is 0 Å². The zero-order chi connectivity index (χ0) is 14.4. The summed E-state index contributed by atoms with van der Waals surface area (Å²) in [4.78, 5) is 0. The fourth-order valence-electron chi connectivity index (χ4n) is 2.20. The van der Waals surface area contributed by atoms with E-state index in [4.69, 9.17) is 4.74 Å². The van der Waals surface area contributed by atoms with Gasteiger partial charge in [0.1, 0.15) is 5.75 Å². The Morgan fingerprint density at radius 3 is 2.50 bits per heavy atom. The molecule has 108 valence electrons. The lowest BCUT2D eigenvalue weighted by molar-refractivity contribution is 0.317. The normalized spacial score (nSPS) is 12.3. The third-order valence-electron chi connectivity index (χ3n) is 3.15. The lowest BCUT2D eigenvalue weighted by atomic mass is 10.0. The minimum Gasteiger partial charge on any atom is -0.494 e. The molecule has 20 heavy (non-hydrogen) atoms. The van der Waals surface area contributed by atoms with Crippen molar-refractivity contribution in [3.63, 3.8) is 0 Å². The van der Waals surface area contributed by atoms with Crippen molar-refractivity contribution in [2.75, 3.05) is 13.2 Å². The molecule has 0 saturated heterocycles. The van der Waals surface area contributed by atoms with Gasteiger partial charge in [0, 0.05) is 18.8 Å². The van der Waals surface area contributed by atoms with Gasteiger partial charge < -0.3 is 10.1 Å². The number of hydrogen-bond donors (Lipinski definition) is 1.